The molecule has 0 radical (unpaired) electrons. The third-order valence-corrected chi connectivity index (χ3v) is 1.87. The number of ether oxygens (including phenoxy) is 2. The Labute approximate surface area is 71.7 Å². The van der Waals surface area contributed by atoms with Crippen molar-refractivity contribution < 1.29 is 14.6 Å². The van der Waals surface area contributed by atoms with Crippen LogP contribution in [0.1, 0.15) is 12.8 Å². The van der Waals surface area contributed by atoms with Crippen LogP contribution in [0.5, 0.6) is 0 Å². The van der Waals surface area contributed by atoms with Gasteiger partial charge >= 0.3 is 0 Å². The molecule has 1 N–H and O–H groups in total. The summed E-state index contributed by atoms with van der Waals surface area (Å²) >= 11 is 0. The Morgan fingerprint density at radius 1 is 1.67 bits per heavy atom. The molecule has 0 saturated carbocycles. The van der Waals surface area contributed by atoms with Crippen molar-refractivity contribution in [1.82, 2.24) is 0 Å². The van der Waals surface area contributed by atoms with E-state index >= 15 is 0 Å². The van der Waals surface area contributed by atoms with Gasteiger partial charge in [0, 0.05) is 13.0 Å². The van der Waals surface area contributed by atoms with Crippen molar-refractivity contribution in [3.05, 3.63) is 0 Å². The van der Waals surface area contributed by atoms with Crippen LogP contribution in [0.4, 0.5) is 0 Å². The fourth-order valence-electron chi connectivity index (χ4n) is 1.11. The molecule has 1 saturated heterocycles. The summed E-state index contributed by atoms with van der Waals surface area (Å²) in [7, 11) is 0. The van der Waals surface area contributed by atoms with Gasteiger partial charge in [-0.15, -0.1) is 0 Å². The molecular weight excluding hydrogens is 158 g/mol. The summed E-state index contributed by atoms with van der Waals surface area (Å²) in [5, 5.41) is 17.3. The van der Waals surface area contributed by atoms with Gasteiger partial charge in [0.25, 0.3) is 0 Å². The van der Waals surface area contributed by atoms with Crippen LogP contribution in [0, 0.1) is 11.3 Å². The van der Waals surface area contributed by atoms with E-state index in [0.717, 1.165) is 0 Å². The van der Waals surface area contributed by atoms with Crippen LogP contribution >= 0.6 is 0 Å². The number of nitriles is 1. The zero-order chi connectivity index (χ0) is 8.86. The van der Waals surface area contributed by atoms with Crippen molar-refractivity contribution in [1.29, 1.82) is 5.26 Å². The van der Waals surface area contributed by atoms with Gasteiger partial charge in [0.2, 0.25) is 0 Å². The topological polar surface area (TPSA) is 62.5 Å². The second-order valence-corrected chi connectivity index (χ2v) is 2.83. The fraction of sp³-hybridized carbons (Fsp3) is 0.875. The summed E-state index contributed by atoms with van der Waals surface area (Å²) in [6.45, 7) is 1.47. The monoisotopic (exact) mass is 171 g/mol. The summed E-state index contributed by atoms with van der Waals surface area (Å²) < 4.78 is 10.4. The van der Waals surface area contributed by atoms with E-state index in [1.54, 1.807) is 0 Å². The third kappa shape index (κ3) is 2.18. The van der Waals surface area contributed by atoms with E-state index in [0.29, 0.717) is 32.7 Å². The van der Waals surface area contributed by atoms with Gasteiger partial charge in [-0.05, 0) is 6.42 Å². The lowest BCUT2D eigenvalue weighted by Crippen LogP contribution is -2.31. The van der Waals surface area contributed by atoms with Crippen molar-refractivity contribution in [3.63, 3.8) is 0 Å². The minimum atomic E-state index is -0.741. The first-order chi connectivity index (χ1) is 5.83. The maximum absolute atomic E-state index is 8.80. The summed E-state index contributed by atoms with van der Waals surface area (Å²) in [5.41, 5.74) is -0.741. The van der Waals surface area contributed by atoms with Crippen LogP contribution in [-0.2, 0) is 9.47 Å². The summed E-state index contributed by atoms with van der Waals surface area (Å²) in [5.74, 6) is 0. The molecule has 0 spiro atoms. The van der Waals surface area contributed by atoms with Gasteiger partial charge in [-0.3, -0.25) is 0 Å². The Kier molecular flexibility index (Phi) is 3.48. The Morgan fingerprint density at radius 3 is 3.00 bits per heavy atom. The van der Waals surface area contributed by atoms with E-state index in [2.05, 4.69) is 6.07 Å². The lowest BCUT2D eigenvalue weighted by atomic mass is 10.1. The minimum Gasteiger partial charge on any atom is -0.396 e. The average molecular weight is 171 g/mol. The second-order valence-electron chi connectivity index (χ2n) is 2.83. The van der Waals surface area contributed by atoms with E-state index < -0.39 is 5.60 Å². The van der Waals surface area contributed by atoms with Crippen molar-refractivity contribution in [2.45, 2.75) is 18.4 Å². The van der Waals surface area contributed by atoms with E-state index in [1.807, 2.05) is 0 Å². The van der Waals surface area contributed by atoms with Gasteiger partial charge in [-0.1, -0.05) is 0 Å². The molecule has 1 aliphatic rings. The van der Waals surface area contributed by atoms with Gasteiger partial charge in [0.1, 0.15) is 6.07 Å². The first-order valence-electron chi connectivity index (χ1n) is 4.07. The van der Waals surface area contributed by atoms with Gasteiger partial charge < -0.3 is 14.6 Å². The number of rotatable bonds is 4. The number of hydrogen-bond acceptors (Lipinski definition) is 4. The molecule has 1 rings (SSSR count). The van der Waals surface area contributed by atoms with Crippen LogP contribution in [0.3, 0.4) is 0 Å². The van der Waals surface area contributed by atoms with Crippen molar-refractivity contribution in [3.8, 4) is 6.07 Å². The predicted molar refractivity (Wildman–Crippen MR) is 41.4 cm³/mol. The molecule has 4 nitrogen and oxygen atoms in total. The minimum absolute atomic E-state index is 0.0996. The highest BCUT2D eigenvalue weighted by Gasteiger charge is 2.35. The van der Waals surface area contributed by atoms with E-state index in [1.165, 1.54) is 0 Å². The van der Waals surface area contributed by atoms with Crippen LogP contribution in [0.2, 0.25) is 0 Å². The Hall–Kier alpha value is -0.630. The Morgan fingerprint density at radius 2 is 2.50 bits per heavy atom. The van der Waals surface area contributed by atoms with Gasteiger partial charge in [0.15, 0.2) is 5.60 Å². The number of aliphatic hydroxyl groups excluding tert-OH is 1. The van der Waals surface area contributed by atoms with Gasteiger partial charge in [-0.25, -0.2) is 0 Å². The summed E-state index contributed by atoms with van der Waals surface area (Å²) in [6.07, 6.45) is 1.21. The lowest BCUT2D eigenvalue weighted by Gasteiger charge is -2.18. The molecule has 1 fully saturated rings. The van der Waals surface area contributed by atoms with Crippen LogP contribution in [0.15, 0.2) is 0 Å². The van der Waals surface area contributed by atoms with Crippen LogP contribution < -0.4 is 0 Å². The Balaban J connectivity index is 2.30. The first-order valence-corrected chi connectivity index (χ1v) is 4.07. The summed E-state index contributed by atoms with van der Waals surface area (Å²) in [4.78, 5) is 0. The summed E-state index contributed by atoms with van der Waals surface area (Å²) in [6, 6.07) is 2.11. The number of nitrogens with zero attached hydrogens (tertiary/aromatic N) is 1. The van der Waals surface area contributed by atoms with Crippen molar-refractivity contribution in [2.24, 2.45) is 0 Å². The SMILES string of the molecule is N#CC1(OCCCO)CCOC1. The molecule has 12 heavy (non-hydrogen) atoms. The molecule has 0 aromatic rings. The van der Waals surface area contributed by atoms with Crippen molar-refractivity contribution in [2.75, 3.05) is 26.4 Å². The molecular formula is C8H13NO3. The first kappa shape index (κ1) is 9.46. The zero-order valence-electron chi connectivity index (χ0n) is 6.95. The lowest BCUT2D eigenvalue weighted by molar-refractivity contribution is -0.0137. The average Bonchev–Trinajstić information content (AvgIpc) is 2.55. The third-order valence-electron chi connectivity index (χ3n) is 1.87. The standard InChI is InChI=1S/C8H13NO3/c9-6-8(2-5-11-7-8)12-4-1-3-10/h10H,1-5,7H2. The number of aliphatic hydroxyl groups is 1. The highest BCUT2D eigenvalue weighted by Crippen LogP contribution is 2.22. The molecule has 4 heteroatoms. The van der Waals surface area contributed by atoms with Crippen molar-refractivity contribution >= 4 is 0 Å². The largest absolute Gasteiger partial charge is 0.396 e. The van der Waals surface area contributed by atoms with E-state index in [-0.39, 0.29) is 6.61 Å². The van der Waals surface area contributed by atoms with Gasteiger partial charge in [-0.2, -0.15) is 5.26 Å². The predicted octanol–water partition coefficient (Wildman–Crippen LogP) is 0.0681. The molecule has 0 bridgehead atoms. The Bertz CT molecular complexity index is 170. The molecule has 0 aromatic carbocycles. The highest BCUT2D eigenvalue weighted by molar-refractivity contribution is 5.04. The zero-order valence-corrected chi connectivity index (χ0v) is 6.95. The molecule has 1 atom stereocenters. The van der Waals surface area contributed by atoms with E-state index in [4.69, 9.17) is 19.8 Å². The fourth-order valence-corrected chi connectivity index (χ4v) is 1.11. The van der Waals surface area contributed by atoms with Crippen LogP contribution in [0.25, 0.3) is 0 Å². The highest BCUT2D eigenvalue weighted by atomic mass is 16.6. The second kappa shape index (κ2) is 4.41. The quantitative estimate of drug-likeness (QED) is 0.608. The number of hydrogen-bond donors (Lipinski definition) is 1. The maximum atomic E-state index is 8.80. The van der Waals surface area contributed by atoms with Crippen LogP contribution in [-0.4, -0.2) is 37.1 Å². The molecule has 68 valence electrons. The molecule has 0 aliphatic carbocycles. The van der Waals surface area contributed by atoms with Gasteiger partial charge in [0.05, 0.1) is 19.8 Å². The smallest absolute Gasteiger partial charge is 0.179 e. The van der Waals surface area contributed by atoms with E-state index in [9.17, 15) is 0 Å². The molecule has 1 aliphatic heterocycles. The molecule has 0 aromatic heterocycles. The normalized spacial score (nSPS) is 28.7. The molecule has 1 unspecified atom stereocenters. The maximum Gasteiger partial charge on any atom is 0.179 e. The molecule has 0 amide bonds. The molecule has 1 heterocycles.